The Hall–Kier alpha value is -2.28. The van der Waals surface area contributed by atoms with Gasteiger partial charge in [0, 0.05) is 20.1 Å². The Morgan fingerprint density at radius 2 is 2.13 bits per heavy atom. The molecule has 2 saturated heterocycles. The maximum atomic E-state index is 14.4. The first-order valence-corrected chi connectivity index (χ1v) is 7.63. The monoisotopic (exact) mass is 321 g/mol. The van der Waals surface area contributed by atoms with Gasteiger partial charge >= 0.3 is 6.09 Å². The van der Waals surface area contributed by atoms with E-state index in [9.17, 15) is 9.18 Å². The number of halogens is 1. The number of cyclic esters (lactones) is 1. The molecule has 0 bridgehead atoms. The van der Waals surface area contributed by atoms with Crippen LogP contribution in [0.15, 0.2) is 30.5 Å². The van der Waals surface area contributed by atoms with E-state index in [0.717, 1.165) is 0 Å². The quantitative estimate of drug-likeness (QED) is 0.915. The third-order valence-electron chi connectivity index (χ3n) is 3.91. The van der Waals surface area contributed by atoms with Crippen LogP contribution in [0.5, 0.6) is 0 Å². The summed E-state index contributed by atoms with van der Waals surface area (Å²) in [5.41, 5.74) is 1.04. The molecule has 1 aromatic carbocycles. The molecule has 1 amide bonds. The minimum absolute atomic E-state index is 0.336. The Labute approximate surface area is 134 Å². The van der Waals surface area contributed by atoms with Crippen LogP contribution in [0.2, 0.25) is 0 Å². The fraction of sp³-hybridized carbons (Fsp3) is 0.438. The molecule has 1 atom stereocenters. The number of carbonyl (C=O) groups excluding carboxylic acids is 1. The molecule has 2 heterocycles. The summed E-state index contributed by atoms with van der Waals surface area (Å²) >= 11 is 0. The Bertz CT molecular complexity index is 602. The maximum absolute atomic E-state index is 14.4. The number of anilines is 2. The standard InChI is InChI=1S/C16H20FN3O3/c1-18-5-4-13-11-20(16(21)23-13)12-2-3-15(14(17)10-12)19-6-8-22-9-7-19/h2-5,10,13,18H,6-9,11H2,1H3/t13-/m0/s1. The zero-order chi connectivity index (χ0) is 16.2. The van der Waals surface area contributed by atoms with Crippen LogP contribution in [0.25, 0.3) is 0 Å². The minimum Gasteiger partial charge on any atom is -0.440 e. The number of benzene rings is 1. The highest BCUT2D eigenvalue weighted by Gasteiger charge is 2.31. The Kier molecular flexibility index (Phi) is 4.66. The van der Waals surface area contributed by atoms with E-state index >= 15 is 0 Å². The molecule has 1 N–H and O–H groups in total. The van der Waals surface area contributed by atoms with Gasteiger partial charge in [0.1, 0.15) is 11.9 Å². The van der Waals surface area contributed by atoms with E-state index in [1.165, 1.54) is 11.0 Å². The van der Waals surface area contributed by atoms with Gasteiger partial charge in [0.2, 0.25) is 0 Å². The zero-order valence-electron chi connectivity index (χ0n) is 13.0. The third kappa shape index (κ3) is 3.39. The van der Waals surface area contributed by atoms with Crippen molar-refractivity contribution in [1.82, 2.24) is 5.32 Å². The summed E-state index contributed by atoms with van der Waals surface area (Å²) in [7, 11) is 1.77. The molecule has 124 valence electrons. The van der Waals surface area contributed by atoms with Gasteiger partial charge in [0.15, 0.2) is 0 Å². The number of carbonyl (C=O) groups is 1. The normalized spacial score (nSPS) is 21.8. The number of hydrogen-bond donors (Lipinski definition) is 1. The lowest BCUT2D eigenvalue weighted by Gasteiger charge is -2.29. The van der Waals surface area contributed by atoms with Gasteiger partial charge in [0.25, 0.3) is 0 Å². The number of hydrogen-bond acceptors (Lipinski definition) is 5. The van der Waals surface area contributed by atoms with Crippen LogP contribution in [-0.2, 0) is 9.47 Å². The van der Waals surface area contributed by atoms with Crippen LogP contribution in [-0.4, -0.2) is 52.1 Å². The summed E-state index contributed by atoms with van der Waals surface area (Å²) in [6, 6.07) is 4.84. The molecule has 3 rings (SSSR count). The Morgan fingerprint density at radius 3 is 2.83 bits per heavy atom. The predicted octanol–water partition coefficient (Wildman–Crippen LogP) is 1.72. The average molecular weight is 321 g/mol. The second-order valence-electron chi connectivity index (χ2n) is 5.42. The highest BCUT2D eigenvalue weighted by molar-refractivity contribution is 5.90. The van der Waals surface area contributed by atoms with E-state index in [0.29, 0.717) is 44.2 Å². The smallest absolute Gasteiger partial charge is 0.415 e. The van der Waals surface area contributed by atoms with Gasteiger partial charge in [-0.05, 0) is 30.5 Å². The molecule has 0 aromatic heterocycles. The second kappa shape index (κ2) is 6.87. The van der Waals surface area contributed by atoms with Gasteiger partial charge in [-0.15, -0.1) is 0 Å². The molecule has 23 heavy (non-hydrogen) atoms. The van der Waals surface area contributed by atoms with Crippen molar-refractivity contribution >= 4 is 17.5 Å². The van der Waals surface area contributed by atoms with Gasteiger partial charge in [-0.25, -0.2) is 9.18 Å². The fourth-order valence-corrected chi connectivity index (χ4v) is 2.72. The SMILES string of the molecule is CNC=C[C@H]1CN(c2ccc(N3CCOCC3)c(F)c2)C(=O)O1. The van der Waals surface area contributed by atoms with Gasteiger partial charge in [0.05, 0.1) is 31.1 Å². The van der Waals surface area contributed by atoms with Crippen LogP contribution in [0, 0.1) is 5.82 Å². The molecule has 2 aliphatic rings. The summed E-state index contributed by atoms with van der Waals surface area (Å²) in [5, 5.41) is 2.85. The number of nitrogens with zero attached hydrogens (tertiary/aromatic N) is 2. The maximum Gasteiger partial charge on any atom is 0.415 e. The van der Waals surface area contributed by atoms with Gasteiger partial charge in [-0.2, -0.15) is 0 Å². The average Bonchev–Trinajstić information content (AvgIpc) is 2.94. The zero-order valence-corrected chi connectivity index (χ0v) is 13.0. The molecular weight excluding hydrogens is 301 g/mol. The van der Waals surface area contributed by atoms with Crippen molar-refractivity contribution in [3.8, 4) is 0 Å². The third-order valence-corrected chi connectivity index (χ3v) is 3.91. The van der Waals surface area contributed by atoms with Crippen LogP contribution in [0.4, 0.5) is 20.6 Å². The second-order valence-corrected chi connectivity index (χ2v) is 5.42. The largest absolute Gasteiger partial charge is 0.440 e. The van der Waals surface area contributed by atoms with Crippen LogP contribution in [0.1, 0.15) is 0 Å². The molecule has 6 nitrogen and oxygen atoms in total. The fourth-order valence-electron chi connectivity index (χ4n) is 2.72. The molecule has 0 unspecified atom stereocenters. The van der Waals surface area contributed by atoms with E-state index < -0.39 is 6.09 Å². The van der Waals surface area contributed by atoms with E-state index in [4.69, 9.17) is 9.47 Å². The lowest BCUT2D eigenvalue weighted by Crippen LogP contribution is -2.36. The molecular formula is C16H20FN3O3. The number of morpholine rings is 1. The van der Waals surface area contributed by atoms with Crippen molar-refractivity contribution in [2.75, 3.05) is 49.7 Å². The van der Waals surface area contributed by atoms with Crippen molar-refractivity contribution in [3.05, 3.63) is 36.3 Å². The van der Waals surface area contributed by atoms with Crippen LogP contribution in [0.3, 0.4) is 0 Å². The number of ether oxygens (including phenoxy) is 2. The van der Waals surface area contributed by atoms with Crippen molar-refractivity contribution in [1.29, 1.82) is 0 Å². The Balaban J connectivity index is 1.75. The lowest BCUT2D eigenvalue weighted by molar-refractivity contribution is 0.122. The van der Waals surface area contributed by atoms with Crippen LogP contribution >= 0.6 is 0 Å². The molecule has 0 spiro atoms. The van der Waals surface area contributed by atoms with E-state index in [1.54, 1.807) is 31.5 Å². The molecule has 1 aromatic rings. The van der Waals surface area contributed by atoms with Gasteiger partial charge in [-0.3, -0.25) is 4.90 Å². The summed E-state index contributed by atoms with van der Waals surface area (Å²) in [4.78, 5) is 15.3. The van der Waals surface area contributed by atoms with Crippen molar-refractivity contribution in [2.45, 2.75) is 6.10 Å². The molecule has 0 radical (unpaired) electrons. The lowest BCUT2D eigenvalue weighted by atomic mass is 10.2. The molecule has 0 aliphatic carbocycles. The molecule has 0 saturated carbocycles. The minimum atomic E-state index is -0.464. The molecule has 2 aliphatic heterocycles. The van der Waals surface area contributed by atoms with Crippen LogP contribution < -0.4 is 15.1 Å². The molecule has 7 heteroatoms. The highest BCUT2D eigenvalue weighted by atomic mass is 19.1. The summed E-state index contributed by atoms with van der Waals surface area (Å²) in [6.45, 7) is 2.89. The van der Waals surface area contributed by atoms with E-state index in [2.05, 4.69) is 5.32 Å². The number of nitrogens with one attached hydrogen (secondary N) is 1. The number of amides is 1. The van der Waals surface area contributed by atoms with Crippen molar-refractivity contribution in [3.63, 3.8) is 0 Å². The summed E-state index contributed by atoms with van der Waals surface area (Å²) in [5.74, 6) is -0.341. The first kappa shape index (κ1) is 15.6. The molecule has 2 fully saturated rings. The first-order chi connectivity index (χ1) is 11.2. The van der Waals surface area contributed by atoms with E-state index in [1.807, 2.05) is 4.90 Å². The van der Waals surface area contributed by atoms with E-state index in [-0.39, 0.29) is 11.9 Å². The first-order valence-electron chi connectivity index (χ1n) is 7.63. The topological polar surface area (TPSA) is 54.0 Å². The van der Waals surface area contributed by atoms with Crippen molar-refractivity contribution in [2.24, 2.45) is 0 Å². The number of rotatable bonds is 4. The van der Waals surface area contributed by atoms with Gasteiger partial charge < -0.3 is 19.7 Å². The summed E-state index contributed by atoms with van der Waals surface area (Å²) < 4.78 is 24.9. The summed E-state index contributed by atoms with van der Waals surface area (Å²) in [6.07, 6.45) is 2.67. The van der Waals surface area contributed by atoms with Crippen molar-refractivity contribution < 1.29 is 18.7 Å². The van der Waals surface area contributed by atoms with Gasteiger partial charge in [-0.1, -0.05) is 0 Å². The highest BCUT2D eigenvalue weighted by Crippen LogP contribution is 2.28. The Morgan fingerprint density at radius 1 is 1.35 bits per heavy atom. The predicted molar refractivity (Wildman–Crippen MR) is 85.2 cm³/mol.